The second-order valence-electron chi connectivity index (χ2n) is 5.48. The third kappa shape index (κ3) is 1.58. The van der Waals surface area contributed by atoms with Crippen LogP contribution in [0.3, 0.4) is 0 Å². The van der Waals surface area contributed by atoms with Crippen LogP contribution in [-0.4, -0.2) is 24.8 Å². The largest absolute Gasteiger partial charge is 0.466 e. The molecule has 3 nitrogen and oxygen atoms in total. The van der Waals surface area contributed by atoms with Gasteiger partial charge in [-0.3, -0.25) is 4.79 Å². The average molecular weight is 224 g/mol. The Morgan fingerprint density at radius 2 is 2.25 bits per heavy atom. The van der Waals surface area contributed by atoms with E-state index >= 15 is 0 Å². The fraction of sp³-hybridized carbons (Fsp3) is 0.769. The fourth-order valence-electron chi connectivity index (χ4n) is 2.85. The summed E-state index contributed by atoms with van der Waals surface area (Å²) in [6.45, 7) is 11.2. The first kappa shape index (κ1) is 11.6. The van der Waals surface area contributed by atoms with E-state index in [1.54, 1.807) is 0 Å². The second kappa shape index (κ2) is 3.59. The average Bonchev–Trinajstić information content (AvgIpc) is 2.95. The summed E-state index contributed by atoms with van der Waals surface area (Å²) in [5.74, 6) is 0.162. The molecule has 2 aliphatic rings. The lowest BCUT2D eigenvalue weighted by Gasteiger charge is -2.44. The molecule has 90 valence electrons. The van der Waals surface area contributed by atoms with Gasteiger partial charge in [-0.25, -0.2) is 0 Å². The van der Waals surface area contributed by atoms with Crippen LogP contribution in [0, 0.1) is 11.3 Å². The second-order valence-corrected chi connectivity index (χ2v) is 5.48. The van der Waals surface area contributed by atoms with Crippen molar-refractivity contribution in [1.29, 1.82) is 0 Å². The third-order valence-electron chi connectivity index (χ3n) is 4.35. The Labute approximate surface area is 96.8 Å². The quantitative estimate of drug-likeness (QED) is 0.410. The van der Waals surface area contributed by atoms with E-state index in [4.69, 9.17) is 9.47 Å². The Balaban J connectivity index is 2.10. The summed E-state index contributed by atoms with van der Waals surface area (Å²) in [6, 6.07) is 0. The van der Waals surface area contributed by atoms with Crippen molar-refractivity contribution in [3.8, 4) is 0 Å². The van der Waals surface area contributed by atoms with Crippen molar-refractivity contribution < 1.29 is 14.3 Å². The van der Waals surface area contributed by atoms with Crippen molar-refractivity contribution in [2.24, 2.45) is 11.3 Å². The number of esters is 1. The van der Waals surface area contributed by atoms with E-state index in [-0.39, 0.29) is 17.0 Å². The summed E-state index contributed by atoms with van der Waals surface area (Å²) in [4.78, 5) is 10.9. The first-order chi connectivity index (χ1) is 7.40. The highest BCUT2D eigenvalue weighted by Crippen LogP contribution is 2.58. The molecule has 2 atom stereocenters. The van der Waals surface area contributed by atoms with Crippen molar-refractivity contribution in [3.63, 3.8) is 0 Å². The molecular weight excluding hydrogens is 204 g/mol. The zero-order valence-electron chi connectivity index (χ0n) is 10.3. The van der Waals surface area contributed by atoms with Gasteiger partial charge in [-0.1, -0.05) is 20.4 Å². The van der Waals surface area contributed by atoms with Crippen LogP contribution < -0.4 is 0 Å². The summed E-state index contributed by atoms with van der Waals surface area (Å²) in [6.07, 6.45) is 2.01. The molecule has 0 amide bonds. The number of carbonyl (C=O) groups excluding carboxylic acids is 1. The van der Waals surface area contributed by atoms with Crippen molar-refractivity contribution in [3.05, 3.63) is 12.2 Å². The minimum absolute atomic E-state index is 0.0117. The molecule has 0 N–H and O–H groups in total. The van der Waals surface area contributed by atoms with Crippen molar-refractivity contribution in [1.82, 2.24) is 0 Å². The maximum absolute atomic E-state index is 10.9. The molecule has 1 unspecified atom stereocenters. The molecule has 0 aromatic carbocycles. The molecular formula is C13H20O3. The Kier molecular flexibility index (Phi) is 2.61. The van der Waals surface area contributed by atoms with E-state index in [0.717, 1.165) is 19.4 Å². The zero-order chi connectivity index (χ0) is 12.0. The smallest absolute Gasteiger partial charge is 0.302 e. The standard InChI is InChI=1S/C13H20O3/c1-9-5-6-11(7-15-10(2)14)12(3,4)13(9)8-16-13/h11H,1,5-8H2,2-4H3/t11-,13?/m1/s1. The van der Waals surface area contributed by atoms with E-state index in [0.29, 0.717) is 12.5 Å². The van der Waals surface area contributed by atoms with E-state index in [2.05, 4.69) is 20.4 Å². The molecule has 0 bridgehead atoms. The number of epoxide rings is 1. The molecule has 2 rings (SSSR count). The van der Waals surface area contributed by atoms with Gasteiger partial charge in [0.1, 0.15) is 5.60 Å². The maximum atomic E-state index is 10.9. The SMILES string of the molecule is C=C1CC[C@H](COC(C)=O)C(C)(C)C12CO2. The Morgan fingerprint density at radius 1 is 1.62 bits per heavy atom. The zero-order valence-corrected chi connectivity index (χ0v) is 10.3. The van der Waals surface area contributed by atoms with Gasteiger partial charge in [0.2, 0.25) is 0 Å². The van der Waals surface area contributed by atoms with Crippen molar-refractivity contribution in [2.75, 3.05) is 13.2 Å². The van der Waals surface area contributed by atoms with Crippen LogP contribution in [0.4, 0.5) is 0 Å². The Hall–Kier alpha value is -0.830. The van der Waals surface area contributed by atoms with Gasteiger partial charge in [-0.2, -0.15) is 0 Å². The highest BCUT2D eigenvalue weighted by molar-refractivity contribution is 5.65. The molecule has 16 heavy (non-hydrogen) atoms. The van der Waals surface area contributed by atoms with Crippen molar-refractivity contribution in [2.45, 2.75) is 39.2 Å². The van der Waals surface area contributed by atoms with Crippen LogP contribution in [0.2, 0.25) is 0 Å². The van der Waals surface area contributed by atoms with E-state index in [1.165, 1.54) is 12.5 Å². The molecule has 0 aromatic heterocycles. The number of hydrogen-bond donors (Lipinski definition) is 0. The molecule has 0 aromatic rings. The van der Waals surface area contributed by atoms with Crippen LogP contribution in [0.1, 0.15) is 33.6 Å². The lowest BCUT2D eigenvalue weighted by atomic mass is 9.60. The normalized spacial score (nSPS) is 36.2. The molecule has 1 saturated heterocycles. The predicted octanol–water partition coefficient (Wildman–Crippen LogP) is 2.31. The number of hydrogen-bond acceptors (Lipinski definition) is 3. The summed E-state index contributed by atoms with van der Waals surface area (Å²) in [7, 11) is 0. The minimum Gasteiger partial charge on any atom is -0.466 e. The molecule has 1 aliphatic carbocycles. The van der Waals surface area contributed by atoms with Gasteiger partial charge in [-0.15, -0.1) is 0 Å². The van der Waals surface area contributed by atoms with Crippen LogP contribution in [0.5, 0.6) is 0 Å². The molecule has 0 radical (unpaired) electrons. The van der Waals surface area contributed by atoms with Gasteiger partial charge in [0.25, 0.3) is 0 Å². The summed E-state index contributed by atoms with van der Waals surface area (Å²) in [5, 5.41) is 0. The highest BCUT2D eigenvalue weighted by atomic mass is 16.6. The van der Waals surface area contributed by atoms with Gasteiger partial charge in [-0.05, 0) is 18.4 Å². The summed E-state index contributed by atoms with van der Waals surface area (Å²) in [5.41, 5.74) is 1.07. The first-order valence-corrected chi connectivity index (χ1v) is 5.86. The molecule has 2 fully saturated rings. The third-order valence-corrected chi connectivity index (χ3v) is 4.35. The Morgan fingerprint density at radius 3 is 2.75 bits per heavy atom. The lowest BCUT2D eigenvalue weighted by molar-refractivity contribution is -0.144. The topological polar surface area (TPSA) is 38.8 Å². The van der Waals surface area contributed by atoms with E-state index in [1.807, 2.05) is 0 Å². The molecule has 1 saturated carbocycles. The van der Waals surface area contributed by atoms with Gasteiger partial charge in [0.05, 0.1) is 13.2 Å². The highest BCUT2D eigenvalue weighted by Gasteiger charge is 2.63. The summed E-state index contributed by atoms with van der Waals surface area (Å²) < 4.78 is 10.8. The van der Waals surface area contributed by atoms with Crippen LogP contribution in [-0.2, 0) is 14.3 Å². The predicted molar refractivity (Wildman–Crippen MR) is 61.0 cm³/mol. The van der Waals surface area contributed by atoms with E-state index < -0.39 is 0 Å². The van der Waals surface area contributed by atoms with Gasteiger partial charge in [0, 0.05) is 18.3 Å². The van der Waals surface area contributed by atoms with Crippen LogP contribution >= 0.6 is 0 Å². The molecule has 3 heteroatoms. The molecule has 1 heterocycles. The van der Waals surface area contributed by atoms with Crippen LogP contribution in [0.15, 0.2) is 12.2 Å². The van der Waals surface area contributed by atoms with E-state index in [9.17, 15) is 4.79 Å². The fourth-order valence-corrected chi connectivity index (χ4v) is 2.85. The first-order valence-electron chi connectivity index (χ1n) is 5.86. The summed E-state index contributed by atoms with van der Waals surface area (Å²) >= 11 is 0. The number of carbonyl (C=O) groups is 1. The minimum atomic E-state index is -0.203. The van der Waals surface area contributed by atoms with Crippen LogP contribution in [0.25, 0.3) is 0 Å². The number of ether oxygens (including phenoxy) is 2. The molecule has 1 aliphatic heterocycles. The maximum Gasteiger partial charge on any atom is 0.302 e. The molecule has 1 spiro atoms. The lowest BCUT2D eigenvalue weighted by Crippen LogP contribution is -2.46. The Bertz CT molecular complexity index is 326. The van der Waals surface area contributed by atoms with Crippen molar-refractivity contribution >= 4 is 5.97 Å². The monoisotopic (exact) mass is 224 g/mol. The van der Waals surface area contributed by atoms with Gasteiger partial charge >= 0.3 is 5.97 Å². The number of rotatable bonds is 2. The van der Waals surface area contributed by atoms with Gasteiger partial charge < -0.3 is 9.47 Å². The van der Waals surface area contributed by atoms with Gasteiger partial charge in [0.15, 0.2) is 0 Å².